The highest BCUT2D eigenvalue weighted by atomic mass is 127. The van der Waals surface area contributed by atoms with Gasteiger partial charge >= 0.3 is 0 Å². The number of fused-ring (bicyclic) bond motifs is 1. The number of hydrogen-bond acceptors (Lipinski definition) is 2. The molecule has 0 nitrogen and oxygen atoms in total. The summed E-state index contributed by atoms with van der Waals surface area (Å²) in [6, 6.07) is 6.44. The Labute approximate surface area is 108 Å². The largest absolute Gasteiger partial charge is 0.133 e. The Morgan fingerprint density at radius 3 is 2.92 bits per heavy atom. The Kier molecular flexibility index (Phi) is 3.22. The predicted octanol–water partition coefficient (Wildman–Crippen LogP) is 4.69. The summed E-state index contributed by atoms with van der Waals surface area (Å²) in [6.07, 6.45) is 0. The average molecular weight is 385 g/mol. The van der Waals surface area contributed by atoms with Crippen LogP contribution in [-0.4, -0.2) is 0 Å². The third-order valence-corrected chi connectivity index (χ3v) is 5.41. The quantitative estimate of drug-likeness (QED) is 0.411. The van der Waals surface area contributed by atoms with Crippen LogP contribution in [0.3, 0.4) is 0 Å². The van der Waals surface area contributed by atoms with Crippen molar-refractivity contribution in [3.05, 3.63) is 27.3 Å². The first-order chi connectivity index (χ1) is 6.22. The van der Waals surface area contributed by atoms with Crippen molar-refractivity contribution in [1.82, 2.24) is 0 Å². The number of rotatable bonds is 1. The molecule has 0 saturated carbocycles. The van der Waals surface area contributed by atoms with Crippen molar-refractivity contribution in [3.8, 4) is 0 Å². The fourth-order valence-corrected chi connectivity index (χ4v) is 4.48. The summed E-state index contributed by atoms with van der Waals surface area (Å²) >= 11 is 12.0. The Morgan fingerprint density at radius 1 is 1.46 bits per heavy atom. The molecule has 0 bridgehead atoms. The number of thiol groups is 1. The van der Waals surface area contributed by atoms with Crippen molar-refractivity contribution in [1.29, 1.82) is 0 Å². The van der Waals surface area contributed by atoms with Crippen molar-refractivity contribution in [3.63, 3.8) is 0 Å². The van der Waals surface area contributed by atoms with Crippen molar-refractivity contribution in [2.45, 2.75) is 9.54 Å². The zero-order chi connectivity index (χ0) is 9.42. The molecule has 0 N–H and O–H groups in total. The summed E-state index contributed by atoms with van der Waals surface area (Å²) in [6.45, 7) is 0. The lowest BCUT2D eigenvalue weighted by atomic mass is 10.2. The van der Waals surface area contributed by atoms with Crippen molar-refractivity contribution in [2.75, 3.05) is 0 Å². The Balaban J connectivity index is 2.78. The van der Waals surface area contributed by atoms with Crippen LogP contribution in [0.25, 0.3) is 10.1 Å². The first-order valence-electron chi connectivity index (χ1n) is 3.68. The molecule has 0 aliphatic carbocycles. The lowest BCUT2D eigenvalue weighted by molar-refractivity contribution is 1.44. The molecule has 0 amide bonds. The van der Waals surface area contributed by atoms with Crippen LogP contribution in [0, 0.1) is 3.57 Å². The van der Waals surface area contributed by atoms with E-state index in [-0.39, 0.29) is 0 Å². The molecule has 1 heterocycles. The van der Waals surface area contributed by atoms with Crippen LogP contribution >= 0.6 is 62.5 Å². The standard InChI is InChI=1S/C9H6BrIS2/c10-4-6-2-1-5-3-7(12)13-9(5)8(6)11/h1-3,12H,4H2. The normalized spacial score (nSPS) is 11.0. The van der Waals surface area contributed by atoms with E-state index in [4.69, 9.17) is 0 Å². The molecule has 0 saturated heterocycles. The van der Waals surface area contributed by atoms with E-state index >= 15 is 0 Å². The van der Waals surface area contributed by atoms with Gasteiger partial charge in [0, 0.05) is 13.6 Å². The third kappa shape index (κ3) is 1.91. The molecule has 0 spiro atoms. The second kappa shape index (κ2) is 4.08. The van der Waals surface area contributed by atoms with Crippen LogP contribution in [0.5, 0.6) is 0 Å². The van der Waals surface area contributed by atoms with Crippen LogP contribution in [0.4, 0.5) is 0 Å². The number of halogens is 2. The number of hydrogen-bond donors (Lipinski definition) is 1. The van der Waals surface area contributed by atoms with Crippen LogP contribution in [0.1, 0.15) is 5.56 Å². The van der Waals surface area contributed by atoms with Crippen molar-refractivity contribution < 1.29 is 0 Å². The summed E-state index contributed by atoms with van der Waals surface area (Å²) in [4.78, 5) is 0. The van der Waals surface area contributed by atoms with Crippen molar-refractivity contribution >= 4 is 72.6 Å². The van der Waals surface area contributed by atoms with Gasteiger partial charge < -0.3 is 0 Å². The molecule has 68 valence electrons. The van der Waals surface area contributed by atoms with E-state index in [0.717, 1.165) is 9.54 Å². The summed E-state index contributed by atoms with van der Waals surface area (Å²) in [5, 5.41) is 2.21. The van der Waals surface area contributed by atoms with Gasteiger partial charge in [0.2, 0.25) is 0 Å². The minimum Gasteiger partial charge on any atom is -0.133 e. The predicted molar refractivity (Wildman–Crippen MR) is 74.4 cm³/mol. The van der Waals surface area contributed by atoms with Gasteiger partial charge in [0.15, 0.2) is 0 Å². The summed E-state index contributed by atoms with van der Waals surface area (Å²) in [7, 11) is 0. The molecule has 0 aliphatic rings. The molecule has 2 rings (SSSR count). The molecular weight excluding hydrogens is 379 g/mol. The first kappa shape index (κ1) is 10.3. The molecule has 0 unspecified atom stereocenters. The highest BCUT2D eigenvalue weighted by molar-refractivity contribution is 14.1. The van der Waals surface area contributed by atoms with E-state index in [1.165, 1.54) is 19.2 Å². The van der Waals surface area contributed by atoms with Gasteiger partial charge in [-0.3, -0.25) is 0 Å². The van der Waals surface area contributed by atoms with Gasteiger partial charge in [-0.25, -0.2) is 0 Å². The lowest BCUT2D eigenvalue weighted by Gasteiger charge is -2.00. The maximum absolute atomic E-state index is 4.36. The second-order valence-corrected chi connectivity index (χ2v) is 6.15. The Morgan fingerprint density at radius 2 is 2.23 bits per heavy atom. The van der Waals surface area contributed by atoms with Crippen LogP contribution in [-0.2, 0) is 5.33 Å². The molecule has 1 aromatic carbocycles. The van der Waals surface area contributed by atoms with E-state index in [2.05, 4.69) is 69.3 Å². The molecular formula is C9H6BrIS2. The third-order valence-electron chi connectivity index (χ3n) is 1.84. The van der Waals surface area contributed by atoms with Crippen LogP contribution in [0.2, 0.25) is 0 Å². The summed E-state index contributed by atoms with van der Waals surface area (Å²) in [5.74, 6) is 0. The minimum absolute atomic E-state index is 0.918. The Bertz CT molecular complexity index is 450. The zero-order valence-electron chi connectivity index (χ0n) is 6.55. The van der Waals surface area contributed by atoms with E-state index in [1.54, 1.807) is 11.3 Å². The van der Waals surface area contributed by atoms with Gasteiger partial charge in [-0.2, -0.15) is 0 Å². The second-order valence-electron chi connectivity index (χ2n) is 2.68. The van der Waals surface area contributed by atoms with E-state index in [0.29, 0.717) is 0 Å². The minimum atomic E-state index is 0.918. The Hall–Kier alpha value is 0.740. The molecule has 2 aromatic rings. The molecule has 0 radical (unpaired) electrons. The molecule has 4 heteroatoms. The fraction of sp³-hybridized carbons (Fsp3) is 0.111. The highest BCUT2D eigenvalue weighted by Crippen LogP contribution is 2.34. The topological polar surface area (TPSA) is 0 Å². The van der Waals surface area contributed by atoms with Crippen LogP contribution < -0.4 is 0 Å². The molecule has 0 atom stereocenters. The fourth-order valence-electron chi connectivity index (χ4n) is 1.20. The molecule has 0 aliphatic heterocycles. The van der Waals surface area contributed by atoms with Crippen LogP contribution in [0.15, 0.2) is 22.4 Å². The number of alkyl halides is 1. The monoisotopic (exact) mass is 384 g/mol. The maximum Gasteiger partial charge on any atom is 0.0581 e. The van der Waals surface area contributed by atoms with Gasteiger partial charge in [0.1, 0.15) is 0 Å². The van der Waals surface area contributed by atoms with E-state index in [9.17, 15) is 0 Å². The highest BCUT2D eigenvalue weighted by Gasteiger charge is 2.06. The number of benzene rings is 1. The maximum atomic E-state index is 4.36. The molecule has 13 heavy (non-hydrogen) atoms. The summed E-state index contributed by atoms with van der Waals surface area (Å²) < 4.78 is 3.78. The van der Waals surface area contributed by atoms with Gasteiger partial charge in [-0.05, 0) is 39.6 Å². The van der Waals surface area contributed by atoms with E-state index < -0.39 is 0 Å². The number of thiophene rings is 1. The van der Waals surface area contributed by atoms with E-state index in [1.807, 2.05) is 0 Å². The van der Waals surface area contributed by atoms with Gasteiger partial charge in [-0.1, -0.05) is 28.1 Å². The lowest BCUT2D eigenvalue weighted by Crippen LogP contribution is -1.82. The molecule has 0 fully saturated rings. The SMILES string of the molecule is Sc1cc2ccc(CBr)c(I)c2s1. The molecule has 1 aromatic heterocycles. The van der Waals surface area contributed by atoms with Gasteiger partial charge in [-0.15, -0.1) is 24.0 Å². The summed E-state index contributed by atoms with van der Waals surface area (Å²) in [5.41, 5.74) is 1.35. The average Bonchev–Trinajstić information content (AvgIpc) is 2.47. The van der Waals surface area contributed by atoms with Crippen molar-refractivity contribution in [2.24, 2.45) is 0 Å². The van der Waals surface area contributed by atoms with Gasteiger partial charge in [0.25, 0.3) is 0 Å². The smallest absolute Gasteiger partial charge is 0.0581 e. The first-order valence-corrected chi connectivity index (χ1v) is 7.14. The zero-order valence-corrected chi connectivity index (χ0v) is 12.0. The van der Waals surface area contributed by atoms with Gasteiger partial charge in [0.05, 0.1) is 4.21 Å².